The molecule has 6 nitrogen and oxygen atoms in total. The fourth-order valence-corrected chi connectivity index (χ4v) is 4.28. The largest absolute Gasteiger partial charge is 0.352 e. The first-order valence-electron chi connectivity index (χ1n) is 8.61. The third-order valence-corrected chi connectivity index (χ3v) is 6.25. The number of hydrogen-bond donors (Lipinski definition) is 2. The second kappa shape index (κ2) is 7.29. The van der Waals surface area contributed by atoms with Gasteiger partial charge in [0.1, 0.15) is 0 Å². The minimum atomic E-state index is 0.0212. The van der Waals surface area contributed by atoms with Crippen LogP contribution >= 0.6 is 35.0 Å². The van der Waals surface area contributed by atoms with Gasteiger partial charge < -0.3 is 11.2 Å². The number of nitrogens with two attached hydrogens (primary N) is 1. The van der Waals surface area contributed by atoms with Gasteiger partial charge in [-0.2, -0.15) is 0 Å². The van der Waals surface area contributed by atoms with Gasteiger partial charge in [0.25, 0.3) is 0 Å². The molecule has 9 heteroatoms. The number of hydrogen-bond acceptors (Lipinski definition) is 5. The molecule has 3 N–H and O–H groups in total. The Balaban J connectivity index is 1.39. The minimum Gasteiger partial charge on any atom is -0.352 e. The molecular formula is C17H19Cl2N5OS. The van der Waals surface area contributed by atoms with E-state index in [1.54, 1.807) is 18.2 Å². The maximum atomic E-state index is 12.3. The molecule has 2 fully saturated rings. The van der Waals surface area contributed by atoms with Crippen molar-refractivity contribution < 1.29 is 4.79 Å². The number of nitrogens with zero attached hydrogens (tertiary/aromatic N) is 3. The second-order valence-electron chi connectivity index (χ2n) is 6.86. The summed E-state index contributed by atoms with van der Waals surface area (Å²) in [6, 6.07) is 5.44. The maximum Gasteiger partial charge on any atom is 0.230 e. The summed E-state index contributed by atoms with van der Waals surface area (Å²) in [4.78, 5) is 12.3. The highest BCUT2D eigenvalue weighted by molar-refractivity contribution is 7.99. The van der Waals surface area contributed by atoms with E-state index >= 15 is 0 Å². The van der Waals surface area contributed by atoms with Crippen LogP contribution in [0.25, 0.3) is 11.4 Å². The van der Waals surface area contributed by atoms with Crippen LogP contribution in [-0.4, -0.2) is 32.6 Å². The molecule has 4 rings (SSSR count). The number of carbonyl (C=O) groups is 1. The van der Waals surface area contributed by atoms with Crippen molar-refractivity contribution in [2.75, 3.05) is 11.6 Å². The summed E-state index contributed by atoms with van der Waals surface area (Å²) in [5, 5.41) is 12.8. The minimum absolute atomic E-state index is 0.0212. The van der Waals surface area contributed by atoms with E-state index in [-0.39, 0.29) is 11.7 Å². The van der Waals surface area contributed by atoms with Crippen LogP contribution in [-0.2, 0) is 4.79 Å². The number of rotatable bonds is 7. The first-order chi connectivity index (χ1) is 12.5. The third kappa shape index (κ3) is 3.94. The lowest BCUT2D eigenvalue weighted by Crippen LogP contribution is -2.39. The average molecular weight is 412 g/mol. The molecule has 1 amide bonds. The van der Waals surface area contributed by atoms with Crippen molar-refractivity contribution in [1.29, 1.82) is 0 Å². The van der Waals surface area contributed by atoms with Gasteiger partial charge in [-0.1, -0.05) is 35.0 Å². The van der Waals surface area contributed by atoms with Crippen molar-refractivity contribution in [2.45, 2.75) is 36.9 Å². The molecule has 0 unspecified atom stereocenters. The SMILES string of the molecule is Nn1c(SCC(=O)NC(C2CC2)C2CC2)nnc1-c1ccc(Cl)cc1Cl. The first kappa shape index (κ1) is 17.9. The molecule has 0 atom stereocenters. The van der Waals surface area contributed by atoms with E-state index in [9.17, 15) is 4.79 Å². The van der Waals surface area contributed by atoms with Gasteiger partial charge in [-0.05, 0) is 55.7 Å². The second-order valence-corrected chi connectivity index (χ2v) is 8.64. The Kier molecular flexibility index (Phi) is 5.03. The van der Waals surface area contributed by atoms with Crippen LogP contribution in [0.3, 0.4) is 0 Å². The van der Waals surface area contributed by atoms with E-state index in [0.29, 0.717) is 44.5 Å². The van der Waals surface area contributed by atoms with Crippen molar-refractivity contribution in [3.8, 4) is 11.4 Å². The van der Waals surface area contributed by atoms with E-state index in [1.165, 1.54) is 42.1 Å². The number of nitrogen functional groups attached to an aromatic ring is 1. The van der Waals surface area contributed by atoms with E-state index in [0.717, 1.165) is 0 Å². The highest BCUT2D eigenvalue weighted by atomic mass is 35.5. The standard InChI is InChI=1S/C17H19Cl2N5OS/c18-11-5-6-12(13(19)7-11)16-22-23-17(24(16)20)26-8-14(25)21-15(9-1-2-9)10-3-4-10/h5-7,9-10,15H,1-4,8,20H2,(H,21,25). The van der Waals surface area contributed by atoms with Gasteiger partial charge in [0, 0.05) is 16.6 Å². The lowest BCUT2D eigenvalue weighted by molar-refractivity contribution is -0.119. The Bertz CT molecular complexity index is 823. The van der Waals surface area contributed by atoms with Gasteiger partial charge in [0.05, 0.1) is 10.8 Å². The normalized spacial score (nSPS) is 16.9. The van der Waals surface area contributed by atoms with E-state index < -0.39 is 0 Å². The molecule has 0 saturated heterocycles. The predicted octanol–water partition coefficient (Wildman–Crippen LogP) is 3.36. The molecule has 26 heavy (non-hydrogen) atoms. The zero-order valence-corrected chi connectivity index (χ0v) is 16.3. The van der Waals surface area contributed by atoms with Crippen LogP contribution in [0, 0.1) is 11.8 Å². The van der Waals surface area contributed by atoms with Gasteiger partial charge in [0.2, 0.25) is 11.1 Å². The molecule has 0 spiro atoms. The number of aromatic nitrogens is 3. The molecule has 0 bridgehead atoms. The fourth-order valence-electron chi connectivity index (χ4n) is 3.12. The Hall–Kier alpha value is -1.44. The average Bonchev–Trinajstić information content (AvgIpc) is 3.51. The molecule has 1 heterocycles. The molecule has 2 aliphatic carbocycles. The number of carbonyl (C=O) groups excluding carboxylic acids is 1. The zero-order chi connectivity index (χ0) is 18.3. The third-order valence-electron chi connectivity index (χ3n) is 4.76. The van der Waals surface area contributed by atoms with Crippen LogP contribution in [0.2, 0.25) is 10.0 Å². The summed E-state index contributed by atoms with van der Waals surface area (Å²) in [5.74, 6) is 8.16. The van der Waals surface area contributed by atoms with Crippen LogP contribution in [0.4, 0.5) is 0 Å². The van der Waals surface area contributed by atoms with Gasteiger partial charge in [-0.15, -0.1) is 10.2 Å². The Labute approximate surface area is 165 Å². The molecule has 2 saturated carbocycles. The highest BCUT2D eigenvalue weighted by Gasteiger charge is 2.42. The molecule has 138 valence electrons. The Morgan fingerprint density at radius 1 is 1.27 bits per heavy atom. The van der Waals surface area contributed by atoms with Crippen molar-refractivity contribution >= 4 is 40.9 Å². The Morgan fingerprint density at radius 2 is 1.96 bits per heavy atom. The molecule has 2 aromatic rings. The summed E-state index contributed by atoms with van der Waals surface area (Å²) in [6.45, 7) is 0. The van der Waals surface area contributed by atoms with Crippen molar-refractivity contribution in [3.05, 3.63) is 28.2 Å². The molecule has 2 aliphatic rings. The van der Waals surface area contributed by atoms with Gasteiger partial charge in [-0.3, -0.25) is 4.79 Å². The molecule has 0 aliphatic heterocycles. The van der Waals surface area contributed by atoms with Crippen molar-refractivity contribution in [2.24, 2.45) is 11.8 Å². The van der Waals surface area contributed by atoms with E-state index in [2.05, 4.69) is 15.5 Å². The lowest BCUT2D eigenvalue weighted by atomic mass is 10.1. The maximum absolute atomic E-state index is 12.3. The lowest BCUT2D eigenvalue weighted by Gasteiger charge is -2.17. The van der Waals surface area contributed by atoms with Crippen molar-refractivity contribution in [1.82, 2.24) is 20.2 Å². The van der Waals surface area contributed by atoms with Gasteiger partial charge >= 0.3 is 0 Å². The summed E-state index contributed by atoms with van der Waals surface area (Å²) in [6.07, 6.45) is 4.93. The van der Waals surface area contributed by atoms with Crippen LogP contribution in [0.15, 0.2) is 23.4 Å². The molecular weight excluding hydrogens is 393 g/mol. The topological polar surface area (TPSA) is 85.8 Å². The quantitative estimate of drug-likeness (QED) is 0.538. The van der Waals surface area contributed by atoms with Crippen molar-refractivity contribution in [3.63, 3.8) is 0 Å². The summed E-state index contributed by atoms with van der Waals surface area (Å²) in [5.41, 5.74) is 0.643. The number of nitrogens with one attached hydrogen (secondary N) is 1. The molecule has 1 aromatic heterocycles. The first-order valence-corrected chi connectivity index (χ1v) is 10.3. The van der Waals surface area contributed by atoms with E-state index in [4.69, 9.17) is 29.0 Å². The zero-order valence-electron chi connectivity index (χ0n) is 14.0. The summed E-state index contributed by atoms with van der Waals surface area (Å²) >= 11 is 13.4. The van der Waals surface area contributed by atoms with E-state index in [1.807, 2.05) is 0 Å². The molecule has 1 aromatic carbocycles. The predicted molar refractivity (Wildman–Crippen MR) is 104 cm³/mol. The van der Waals surface area contributed by atoms with Crippen LogP contribution in [0.5, 0.6) is 0 Å². The number of halogens is 2. The van der Waals surface area contributed by atoms with Crippen LogP contribution in [0.1, 0.15) is 25.7 Å². The fraction of sp³-hybridized carbons (Fsp3) is 0.471. The number of thioether (sulfide) groups is 1. The number of amides is 1. The number of benzene rings is 1. The Morgan fingerprint density at radius 3 is 2.58 bits per heavy atom. The van der Waals surface area contributed by atoms with Gasteiger partial charge in [0.15, 0.2) is 5.82 Å². The summed E-state index contributed by atoms with van der Waals surface area (Å²) in [7, 11) is 0. The summed E-state index contributed by atoms with van der Waals surface area (Å²) < 4.78 is 1.35. The smallest absolute Gasteiger partial charge is 0.230 e. The monoisotopic (exact) mass is 411 g/mol. The highest BCUT2D eigenvalue weighted by Crippen LogP contribution is 2.44. The molecule has 0 radical (unpaired) electrons. The van der Waals surface area contributed by atoms with Gasteiger partial charge in [-0.25, -0.2) is 4.68 Å². The van der Waals surface area contributed by atoms with Crippen LogP contribution < -0.4 is 11.2 Å².